The van der Waals surface area contributed by atoms with Crippen LogP contribution in [0, 0.1) is 11.8 Å². The topological polar surface area (TPSA) is 73.4 Å². The lowest BCUT2D eigenvalue weighted by atomic mass is 9.69. The Morgan fingerprint density at radius 2 is 2.04 bits per heavy atom. The Bertz CT molecular complexity index is 1070. The van der Waals surface area contributed by atoms with Crippen LogP contribution in [0.1, 0.15) is 43.7 Å². The minimum Gasteiger partial charge on any atom is -0.511 e. The number of carbonyl (C=O) groups is 2. The average molecular weight is 362 g/mol. The van der Waals surface area contributed by atoms with Crippen LogP contribution in [0.25, 0.3) is 10.9 Å². The number of ketones is 1. The van der Waals surface area contributed by atoms with Gasteiger partial charge in [-0.3, -0.25) is 9.59 Å². The SMILES string of the molecule is CC1(C)[C@@H]2Cc3cccc4[nH]cc(c34)[C@@H]2[C@H]2C(=O)/C(=C(/O)C3CC3)C(=O)N21. The molecule has 1 aromatic heterocycles. The number of aromatic nitrogens is 1. The van der Waals surface area contributed by atoms with Crippen LogP contribution in [0.2, 0.25) is 0 Å². The van der Waals surface area contributed by atoms with E-state index in [4.69, 9.17) is 0 Å². The van der Waals surface area contributed by atoms with E-state index in [0.29, 0.717) is 0 Å². The number of amides is 1. The molecule has 3 atom stereocenters. The largest absolute Gasteiger partial charge is 0.511 e. The number of rotatable bonds is 1. The van der Waals surface area contributed by atoms with Crippen molar-refractivity contribution in [3.05, 3.63) is 46.9 Å². The standard InChI is InChI=1S/C22H22N2O3/c1-22(2)13-8-11-4-3-5-14-15(11)12(9-23-14)16(13)18-20(26)17(21(27)24(18)22)19(25)10-6-7-10/h3-5,9-10,13,16,18,23,25H,6-8H2,1-2H3/b19-17-/t13-,16+,18+/m1/s1. The molecule has 0 unspecified atom stereocenters. The number of aromatic amines is 1. The molecule has 2 aliphatic heterocycles. The summed E-state index contributed by atoms with van der Waals surface area (Å²) in [7, 11) is 0. The number of hydrogen-bond acceptors (Lipinski definition) is 3. The van der Waals surface area contributed by atoms with E-state index in [2.05, 4.69) is 37.0 Å². The monoisotopic (exact) mass is 362 g/mol. The van der Waals surface area contributed by atoms with Crippen LogP contribution in [-0.2, 0) is 16.0 Å². The molecule has 3 fully saturated rings. The highest BCUT2D eigenvalue weighted by Crippen LogP contribution is 2.57. The third-order valence-corrected chi connectivity index (χ3v) is 7.37. The van der Waals surface area contributed by atoms with E-state index in [1.54, 1.807) is 4.90 Å². The molecular weight excluding hydrogens is 340 g/mol. The highest BCUT2D eigenvalue weighted by molar-refractivity contribution is 6.28. The van der Waals surface area contributed by atoms with Crippen LogP contribution in [0.4, 0.5) is 0 Å². The number of benzene rings is 1. The maximum Gasteiger partial charge on any atom is 0.262 e. The van der Waals surface area contributed by atoms with Crippen molar-refractivity contribution >= 4 is 22.6 Å². The minimum atomic E-state index is -0.499. The Morgan fingerprint density at radius 1 is 1.26 bits per heavy atom. The van der Waals surface area contributed by atoms with Gasteiger partial charge in [-0.25, -0.2) is 0 Å². The van der Waals surface area contributed by atoms with Crippen molar-refractivity contribution in [2.24, 2.45) is 11.8 Å². The molecule has 1 amide bonds. The predicted octanol–water partition coefficient (Wildman–Crippen LogP) is 3.22. The molecule has 2 N–H and O–H groups in total. The smallest absolute Gasteiger partial charge is 0.262 e. The van der Waals surface area contributed by atoms with Gasteiger partial charge in [0.15, 0.2) is 5.78 Å². The number of fused-ring (bicyclic) bond motifs is 4. The van der Waals surface area contributed by atoms with Crippen molar-refractivity contribution < 1.29 is 14.7 Å². The Kier molecular flexibility index (Phi) is 2.66. The van der Waals surface area contributed by atoms with Gasteiger partial charge < -0.3 is 15.0 Å². The van der Waals surface area contributed by atoms with Crippen LogP contribution in [0.5, 0.6) is 0 Å². The molecule has 2 saturated heterocycles. The van der Waals surface area contributed by atoms with Gasteiger partial charge >= 0.3 is 0 Å². The molecule has 2 aromatic rings. The zero-order valence-electron chi connectivity index (χ0n) is 15.5. The lowest BCUT2D eigenvalue weighted by molar-refractivity contribution is -0.130. The first-order chi connectivity index (χ1) is 12.9. The summed E-state index contributed by atoms with van der Waals surface area (Å²) in [6, 6.07) is 5.78. The van der Waals surface area contributed by atoms with Gasteiger partial charge in [0.2, 0.25) is 0 Å². The molecular formula is C22H22N2O3. The van der Waals surface area contributed by atoms with Gasteiger partial charge in [0.05, 0.1) is 0 Å². The first-order valence-electron chi connectivity index (χ1n) is 9.81. The molecule has 6 rings (SSSR count). The quantitative estimate of drug-likeness (QED) is 0.465. The minimum absolute atomic E-state index is 0.00196. The molecule has 5 heteroatoms. The zero-order valence-corrected chi connectivity index (χ0v) is 15.5. The van der Waals surface area contributed by atoms with E-state index in [1.807, 2.05) is 6.20 Å². The van der Waals surface area contributed by atoms with E-state index in [-0.39, 0.29) is 40.8 Å². The Balaban J connectivity index is 1.57. The first-order valence-corrected chi connectivity index (χ1v) is 9.81. The maximum atomic E-state index is 13.4. The van der Waals surface area contributed by atoms with Crippen molar-refractivity contribution in [1.82, 2.24) is 9.88 Å². The van der Waals surface area contributed by atoms with Gasteiger partial charge in [0, 0.05) is 34.5 Å². The van der Waals surface area contributed by atoms with Gasteiger partial charge in [-0.05, 0) is 56.2 Å². The number of carbonyl (C=O) groups excluding carboxylic acids is 2. The van der Waals surface area contributed by atoms with Gasteiger partial charge in [-0.2, -0.15) is 0 Å². The Labute approximate surface area is 157 Å². The molecule has 0 spiro atoms. The van der Waals surface area contributed by atoms with Gasteiger partial charge in [0.1, 0.15) is 17.4 Å². The molecule has 4 aliphatic rings. The summed E-state index contributed by atoms with van der Waals surface area (Å²) in [5.74, 6) is -0.262. The molecule has 138 valence electrons. The van der Waals surface area contributed by atoms with Crippen LogP contribution < -0.4 is 0 Å². The first kappa shape index (κ1) is 15.5. The molecule has 27 heavy (non-hydrogen) atoms. The number of aliphatic hydroxyl groups excluding tert-OH is 1. The maximum absolute atomic E-state index is 13.4. The van der Waals surface area contributed by atoms with Crippen LogP contribution in [-0.4, -0.2) is 38.3 Å². The number of allylic oxidation sites excluding steroid dienone is 1. The van der Waals surface area contributed by atoms with E-state index >= 15 is 0 Å². The van der Waals surface area contributed by atoms with Crippen LogP contribution >= 0.6 is 0 Å². The summed E-state index contributed by atoms with van der Waals surface area (Å²) < 4.78 is 0. The normalized spacial score (nSPS) is 32.8. The van der Waals surface area contributed by atoms with E-state index in [1.165, 1.54) is 10.9 Å². The Morgan fingerprint density at radius 3 is 2.78 bits per heavy atom. The second-order valence-corrected chi connectivity index (χ2v) is 9.09. The molecule has 5 nitrogen and oxygen atoms in total. The summed E-state index contributed by atoms with van der Waals surface area (Å²) in [4.78, 5) is 31.8. The fraction of sp³-hybridized carbons (Fsp3) is 0.455. The highest BCUT2D eigenvalue weighted by Gasteiger charge is 2.65. The van der Waals surface area contributed by atoms with Crippen molar-refractivity contribution in [2.75, 3.05) is 0 Å². The highest BCUT2D eigenvalue weighted by atomic mass is 16.3. The van der Waals surface area contributed by atoms with Gasteiger partial charge in [0.25, 0.3) is 5.91 Å². The van der Waals surface area contributed by atoms with E-state index in [9.17, 15) is 14.7 Å². The predicted molar refractivity (Wildman–Crippen MR) is 100 cm³/mol. The fourth-order valence-corrected chi connectivity index (χ4v) is 5.92. The summed E-state index contributed by atoms with van der Waals surface area (Å²) in [5, 5.41) is 11.7. The third kappa shape index (κ3) is 1.71. The molecule has 1 aromatic carbocycles. The second kappa shape index (κ2) is 4.64. The lowest BCUT2D eigenvalue weighted by Gasteiger charge is -2.37. The Hall–Kier alpha value is -2.56. The summed E-state index contributed by atoms with van der Waals surface area (Å²) in [5.41, 5.74) is 3.14. The van der Waals surface area contributed by atoms with Crippen LogP contribution in [0.15, 0.2) is 35.7 Å². The number of hydrogen-bond donors (Lipinski definition) is 2. The molecule has 1 saturated carbocycles. The number of nitrogens with zero attached hydrogens (tertiary/aromatic N) is 1. The molecule has 0 bridgehead atoms. The van der Waals surface area contributed by atoms with E-state index in [0.717, 1.165) is 30.3 Å². The number of nitrogens with one attached hydrogen (secondary N) is 1. The summed E-state index contributed by atoms with van der Waals surface area (Å²) >= 11 is 0. The van der Waals surface area contributed by atoms with Crippen LogP contribution in [0.3, 0.4) is 0 Å². The molecule has 0 radical (unpaired) electrons. The van der Waals surface area contributed by atoms with Crippen molar-refractivity contribution in [3.8, 4) is 0 Å². The fourth-order valence-electron chi connectivity index (χ4n) is 5.92. The lowest BCUT2D eigenvalue weighted by Crippen LogP contribution is -2.46. The molecule has 3 heterocycles. The van der Waals surface area contributed by atoms with E-state index < -0.39 is 11.6 Å². The van der Waals surface area contributed by atoms with Crippen molar-refractivity contribution in [2.45, 2.75) is 50.6 Å². The van der Waals surface area contributed by atoms with Gasteiger partial charge in [-0.15, -0.1) is 0 Å². The number of Topliss-reactive ketones (excluding diaryl/α,β-unsaturated/α-hetero) is 1. The van der Waals surface area contributed by atoms with Crippen molar-refractivity contribution in [3.63, 3.8) is 0 Å². The van der Waals surface area contributed by atoms with Gasteiger partial charge in [-0.1, -0.05) is 12.1 Å². The summed E-state index contributed by atoms with van der Waals surface area (Å²) in [6.07, 6.45) is 4.61. The zero-order chi connectivity index (χ0) is 18.7. The average Bonchev–Trinajstić information content (AvgIpc) is 3.28. The second-order valence-electron chi connectivity index (χ2n) is 9.09. The number of aliphatic hydroxyl groups is 1. The molecule has 2 aliphatic carbocycles. The van der Waals surface area contributed by atoms with Crippen molar-refractivity contribution in [1.29, 1.82) is 0 Å². The summed E-state index contributed by atoms with van der Waals surface area (Å²) in [6.45, 7) is 4.15. The number of H-pyrrole nitrogens is 1. The third-order valence-electron chi connectivity index (χ3n) is 7.37.